The predicted octanol–water partition coefficient (Wildman–Crippen LogP) is 2.21. The van der Waals surface area contributed by atoms with Gasteiger partial charge in [-0.15, -0.1) is 11.3 Å². The van der Waals surface area contributed by atoms with E-state index in [2.05, 4.69) is 6.07 Å². The highest BCUT2D eigenvalue weighted by molar-refractivity contribution is 8.00. The zero-order valence-electron chi connectivity index (χ0n) is 9.47. The summed E-state index contributed by atoms with van der Waals surface area (Å²) in [6.07, 6.45) is 0.970. The number of rotatable bonds is 6. The number of thiophene rings is 1. The van der Waals surface area contributed by atoms with Crippen molar-refractivity contribution in [3.8, 4) is 0 Å². The summed E-state index contributed by atoms with van der Waals surface area (Å²) < 4.78 is -0.427. The number of carboxylic acid groups (broad SMARTS) is 1. The standard InChI is InChI=1S/C11H17NO2S2/c1-11(2,9(12)10(13)14)16-7-5-8-4-3-6-15-8/h3-4,6,9H,5,7,12H2,1-2H3,(H,13,14)/t9-/m1/s1. The first kappa shape index (κ1) is 13.5. The maximum Gasteiger partial charge on any atom is 0.321 e. The van der Waals surface area contributed by atoms with Gasteiger partial charge in [0.15, 0.2) is 0 Å². The van der Waals surface area contributed by atoms with Crippen LogP contribution in [0.15, 0.2) is 17.5 Å². The molecule has 0 radical (unpaired) electrons. The minimum absolute atomic E-state index is 0.427. The van der Waals surface area contributed by atoms with Crippen LogP contribution in [0.5, 0.6) is 0 Å². The molecule has 0 spiro atoms. The second-order valence-corrected chi connectivity index (χ2v) is 6.88. The van der Waals surface area contributed by atoms with Crippen molar-refractivity contribution >= 4 is 29.1 Å². The van der Waals surface area contributed by atoms with E-state index in [-0.39, 0.29) is 0 Å². The van der Waals surface area contributed by atoms with Gasteiger partial charge in [0.25, 0.3) is 0 Å². The molecular formula is C11H17NO2S2. The summed E-state index contributed by atoms with van der Waals surface area (Å²) in [5.41, 5.74) is 5.64. The topological polar surface area (TPSA) is 63.3 Å². The van der Waals surface area contributed by atoms with Crippen LogP contribution in [-0.4, -0.2) is 27.6 Å². The number of nitrogens with two attached hydrogens (primary N) is 1. The number of carboxylic acids is 1. The molecule has 1 rings (SSSR count). The Morgan fingerprint density at radius 1 is 1.69 bits per heavy atom. The van der Waals surface area contributed by atoms with Gasteiger partial charge in [0, 0.05) is 9.62 Å². The van der Waals surface area contributed by atoms with Crippen LogP contribution in [0.3, 0.4) is 0 Å². The molecular weight excluding hydrogens is 242 g/mol. The fourth-order valence-electron chi connectivity index (χ4n) is 1.26. The molecule has 1 heterocycles. The Hall–Kier alpha value is -0.520. The van der Waals surface area contributed by atoms with Crippen LogP contribution in [0.4, 0.5) is 0 Å². The van der Waals surface area contributed by atoms with E-state index in [0.717, 1.165) is 12.2 Å². The Kier molecular flexibility index (Phi) is 4.83. The van der Waals surface area contributed by atoms with E-state index in [9.17, 15) is 4.79 Å². The lowest BCUT2D eigenvalue weighted by molar-refractivity contribution is -0.139. The number of aliphatic carboxylic acids is 1. The predicted molar refractivity (Wildman–Crippen MR) is 70.2 cm³/mol. The van der Waals surface area contributed by atoms with Crippen molar-refractivity contribution in [2.75, 3.05) is 5.75 Å². The van der Waals surface area contributed by atoms with Gasteiger partial charge >= 0.3 is 5.97 Å². The average Bonchev–Trinajstić information content (AvgIpc) is 2.69. The van der Waals surface area contributed by atoms with Crippen molar-refractivity contribution in [1.82, 2.24) is 0 Å². The summed E-state index contributed by atoms with van der Waals surface area (Å²) >= 11 is 3.34. The quantitative estimate of drug-likeness (QED) is 0.822. The van der Waals surface area contributed by atoms with E-state index < -0.39 is 16.8 Å². The highest BCUT2D eigenvalue weighted by atomic mass is 32.2. The van der Waals surface area contributed by atoms with E-state index in [1.807, 2.05) is 25.3 Å². The molecule has 1 aromatic rings. The van der Waals surface area contributed by atoms with E-state index in [1.165, 1.54) is 4.88 Å². The molecule has 90 valence electrons. The fraction of sp³-hybridized carbons (Fsp3) is 0.545. The number of carbonyl (C=O) groups is 1. The van der Waals surface area contributed by atoms with Gasteiger partial charge in [-0.25, -0.2) is 0 Å². The maximum atomic E-state index is 10.8. The molecule has 16 heavy (non-hydrogen) atoms. The minimum atomic E-state index is -0.936. The van der Waals surface area contributed by atoms with Crippen molar-refractivity contribution in [2.45, 2.75) is 31.1 Å². The normalized spacial score (nSPS) is 13.7. The molecule has 0 aromatic carbocycles. The average molecular weight is 259 g/mol. The summed E-state index contributed by atoms with van der Waals surface area (Å²) in [6.45, 7) is 3.76. The zero-order chi connectivity index (χ0) is 12.2. The third-order valence-electron chi connectivity index (χ3n) is 2.42. The van der Waals surface area contributed by atoms with E-state index in [4.69, 9.17) is 10.8 Å². The molecule has 0 fully saturated rings. The zero-order valence-corrected chi connectivity index (χ0v) is 11.1. The first-order valence-corrected chi connectivity index (χ1v) is 6.95. The summed E-state index contributed by atoms with van der Waals surface area (Å²) in [7, 11) is 0. The Labute approximate surface area is 104 Å². The smallest absolute Gasteiger partial charge is 0.321 e. The van der Waals surface area contributed by atoms with Gasteiger partial charge in [0.05, 0.1) is 0 Å². The number of hydrogen-bond donors (Lipinski definition) is 2. The van der Waals surface area contributed by atoms with Crippen molar-refractivity contribution in [1.29, 1.82) is 0 Å². The van der Waals surface area contributed by atoms with Crippen LogP contribution in [0.1, 0.15) is 18.7 Å². The second-order valence-electron chi connectivity index (χ2n) is 4.10. The first-order valence-electron chi connectivity index (χ1n) is 5.08. The summed E-state index contributed by atoms with van der Waals surface area (Å²) in [5.74, 6) is -0.0391. The van der Waals surface area contributed by atoms with Crippen LogP contribution in [0.25, 0.3) is 0 Å². The van der Waals surface area contributed by atoms with Crippen LogP contribution in [0, 0.1) is 0 Å². The van der Waals surface area contributed by atoms with Crippen LogP contribution in [-0.2, 0) is 11.2 Å². The number of thioether (sulfide) groups is 1. The molecule has 0 amide bonds. The van der Waals surface area contributed by atoms with E-state index in [1.54, 1.807) is 23.1 Å². The van der Waals surface area contributed by atoms with Crippen molar-refractivity contribution in [3.63, 3.8) is 0 Å². The maximum absolute atomic E-state index is 10.8. The fourth-order valence-corrected chi connectivity index (χ4v) is 3.22. The molecule has 1 aromatic heterocycles. The van der Waals surface area contributed by atoms with Gasteiger partial charge in [-0.1, -0.05) is 6.07 Å². The summed E-state index contributed by atoms with van der Waals surface area (Å²) in [6, 6.07) is 3.30. The lowest BCUT2D eigenvalue weighted by Crippen LogP contribution is -2.46. The van der Waals surface area contributed by atoms with Gasteiger partial charge in [-0.3, -0.25) is 4.79 Å². The van der Waals surface area contributed by atoms with Crippen molar-refractivity contribution in [3.05, 3.63) is 22.4 Å². The molecule has 1 atom stereocenters. The molecule has 3 N–H and O–H groups in total. The van der Waals surface area contributed by atoms with Gasteiger partial charge in [-0.2, -0.15) is 11.8 Å². The Balaban J connectivity index is 2.39. The minimum Gasteiger partial charge on any atom is -0.480 e. The van der Waals surface area contributed by atoms with Gasteiger partial charge in [0.1, 0.15) is 6.04 Å². The van der Waals surface area contributed by atoms with E-state index >= 15 is 0 Å². The summed E-state index contributed by atoms with van der Waals surface area (Å²) in [4.78, 5) is 12.1. The molecule has 0 aliphatic carbocycles. The van der Waals surface area contributed by atoms with E-state index in [0.29, 0.717) is 0 Å². The van der Waals surface area contributed by atoms with Gasteiger partial charge in [0.2, 0.25) is 0 Å². The molecule has 0 saturated heterocycles. The molecule has 3 nitrogen and oxygen atoms in total. The largest absolute Gasteiger partial charge is 0.480 e. The highest BCUT2D eigenvalue weighted by Gasteiger charge is 2.32. The number of aryl methyl sites for hydroxylation is 1. The van der Waals surface area contributed by atoms with Crippen molar-refractivity contribution < 1.29 is 9.90 Å². The third kappa shape index (κ3) is 3.81. The van der Waals surface area contributed by atoms with Crippen molar-refractivity contribution in [2.24, 2.45) is 5.73 Å². The Morgan fingerprint density at radius 2 is 2.38 bits per heavy atom. The number of hydrogen-bond acceptors (Lipinski definition) is 4. The summed E-state index contributed by atoms with van der Waals surface area (Å²) in [5, 5.41) is 10.9. The monoisotopic (exact) mass is 259 g/mol. The molecule has 0 bridgehead atoms. The van der Waals surface area contributed by atoms with Crippen LogP contribution < -0.4 is 5.73 Å². The Bertz CT molecular complexity index is 336. The van der Waals surface area contributed by atoms with Crippen LogP contribution >= 0.6 is 23.1 Å². The first-order chi connectivity index (χ1) is 7.43. The second kappa shape index (κ2) is 5.70. The third-order valence-corrected chi connectivity index (χ3v) is 4.76. The van der Waals surface area contributed by atoms with Crippen LogP contribution in [0.2, 0.25) is 0 Å². The van der Waals surface area contributed by atoms with Gasteiger partial charge < -0.3 is 10.8 Å². The molecule has 5 heteroatoms. The van der Waals surface area contributed by atoms with Gasteiger partial charge in [-0.05, 0) is 37.5 Å². The highest BCUT2D eigenvalue weighted by Crippen LogP contribution is 2.28. The molecule has 0 aliphatic heterocycles. The molecule has 0 unspecified atom stereocenters. The Morgan fingerprint density at radius 3 is 2.88 bits per heavy atom. The lowest BCUT2D eigenvalue weighted by Gasteiger charge is -2.27. The lowest BCUT2D eigenvalue weighted by atomic mass is 10.1. The SMILES string of the molecule is CC(C)(SCCc1cccs1)[C@H](N)C(=O)O. The molecule has 0 saturated carbocycles. The molecule has 0 aliphatic rings.